The highest BCUT2D eigenvalue weighted by Gasteiger charge is 2.16. The van der Waals surface area contributed by atoms with E-state index in [1.807, 2.05) is 13.0 Å². The number of aromatic nitrogens is 2. The number of sulfonamides is 1. The number of methoxy groups -OCH3 is 1. The topological polar surface area (TPSA) is 96.5 Å². The summed E-state index contributed by atoms with van der Waals surface area (Å²) in [6, 6.07) is 13.7. The molecular weight excluding hydrogens is 426 g/mol. The van der Waals surface area contributed by atoms with Crippen LogP contribution in [-0.4, -0.2) is 38.6 Å². The molecule has 0 saturated heterocycles. The number of ether oxygens (including phenoxy) is 1. The zero-order chi connectivity index (χ0) is 23.3. The van der Waals surface area contributed by atoms with Gasteiger partial charge in [-0.25, -0.2) is 18.4 Å². The molecule has 0 bridgehead atoms. The van der Waals surface area contributed by atoms with E-state index in [1.165, 1.54) is 6.07 Å². The van der Waals surface area contributed by atoms with Crippen molar-refractivity contribution in [2.45, 2.75) is 32.6 Å². The van der Waals surface area contributed by atoms with Crippen LogP contribution in [0.1, 0.15) is 25.2 Å². The van der Waals surface area contributed by atoms with Crippen LogP contribution in [0.3, 0.4) is 0 Å². The van der Waals surface area contributed by atoms with Gasteiger partial charge in [-0.2, -0.15) is 0 Å². The first-order valence-corrected chi connectivity index (χ1v) is 11.9. The van der Waals surface area contributed by atoms with Crippen molar-refractivity contribution < 1.29 is 13.2 Å². The molecule has 9 heteroatoms. The van der Waals surface area contributed by atoms with Crippen LogP contribution in [0.25, 0.3) is 0 Å². The van der Waals surface area contributed by atoms with E-state index in [4.69, 9.17) is 4.74 Å². The van der Waals surface area contributed by atoms with Gasteiger partial charge in [0.15, 0.2) is 0 Å². The molecule has 2 aromatic carbocycles. The predicted octanol–water partition coefficient (Wildman–Crippen LogP) is 4.49. The van der Waals surface area contributed by atoms with Crippen molar-refractivity contribution in [1.29, 1.82) is 0 Å². The van der Waals surface area contributed by atoms with Gasteiger partial charge in [-0.15, -0.1) is 0 Å². The third-order valence-electron chi connectivity index (χ3n) is 5.00. The minimum atomic E-state index is -3.71. The molecule has 2 N–H and O–H groups in total. The molecule has 0 aliphatic heterocycles. The summed E-state index contributed by atoms with van der Waals surface area (Å²) in [6.07, 6.45) is 0. The fourth-order valence-corrected chi connectivity index (χ4v) is 4.47. The van der Waals surface area contributed by atoms with Gasteiger partial charge < -0.3 is 15.0 Å². The third-order valence-corrected chi connectivity index (χ3v) is 6.38. The van der Waals surface area contributed by atoms with Gasteiger partial charge in [-0.05, 0) is 75.7 Å². The molecule has 0 aliphatic carbocycles. The standard InChI is InChI=1S/C23H29N5O3S/c1-6-28(7-2)23-15-22(24-17(4)25-23)26-18-8-10-19(11-9-18)27-32(29,30)20-12-13-21(31-5)16(3)14-20/h8-15,27H,6-7H2,1-5H3,(H,24,25,26). The second-order valence-electron chi connectivity index (χ2n) is 7.27. The lowest BCUT2D eigenvalue weighted by atomic mass is 10.2. The number of benzene rings is 2. The maximum atomic E-state index is 12.7. The molecule has 0 spiro atoms. The van der Waals surface area contributed by atoms with Crippen molar-refractivity contribution in [3.05, 3.63) is 59.9 Å². The molecule has 1 aromatic heterocycles. The number of nitrogens with one attached hydrogen (secondary N) is 2. The van der Waals surface area contributed by atoms with Crippen LogP contribution in [0.2, 0.25) is 0 Å². The molecule has 170 valence electrons. The molecule has 32 heavy (non-hydrogen) atoms. The van der Waals surface area contributed by atoms with Gasteiger partial charge in [0.2, 0.25) is 0 Å². The first kappa shape index (κ1) is 23.3. The Kier molecular flexibility index (Phi) is 7.19. The van der Waals surface area contributed by atoms with Crippen LogP contribution in [-0.2, 0) is 10.0 Å². The summed E-state index contributed by atoms with van der Waals surface area (Å²) in [5, 5.41) is 3.26. The van der Waals surface area contributed by atoms with Crippen molar-refractivity contribution >= 4 is 33.0 Å². The molecule has 3 aromatic rings. The Morgan fingerprint density at radius 3 is 2.19 bits per heavy atom. The van der Waals surface area contributed by atoms with E-state index in [2.05, 4.69) is 38.8 Å². The average Bonchev–Trinajstić information content (AvgIpc) is 2.75. The SMILES string of the molecule is CCN(CC)c1cc(Nc2ccc(NS(=O)(=O)c3ccc(OC)c(C)c3)cc2)nc(C)n1. The zero-order valence-corrected chi connectivity index (χ0v) is 19.8. The highest BCUT2D eigenvalue weighted by Crippen LogP contribution is 2.25. The zero-order valence-electron chi connectivity index (χ0n) is 19.0. The predicted molar refractivity (Wildman–Crippen MR) is 129 cm³/mol. The molecule has 0 unspecified atom stereocenters. The molecule has 0 aliphatic rings. The van der Waals surface area contributed by atoms with E-state index in [0.717, 1.165) is 30.2 Å². The van der Waals surface area contributed by atoms with E-state index in [1.54, 1.807) is 50.4 Å². The quantitative estimate of drug-likeness (QED) is 0.491. The van der Waals surface area contributed by atoms with Crippen molar-refractivity contribution in [2.24, 2.45) is 0 Å². The third kappa shape index (κ3) is 5.47. The smallest absolute Gasteiger partial charge is 0.261 e. The fourth-order valence-electron chi connectivity index (χ4n) is 3.33. The molecule has 0 atom stereocenters. The van der Waals surface area contributed by atoms with Crippen LogP contribution in [0.4, 0.5) is 23.0 Å². The summed E-state index contributed by atoms with van der Waals surface area (Å²) in [6.45, 7) is 9.54. The molecule has 8 nitrogen and oxygen atoms in total. The number of hydrogen-bond acceptors (Lipinski definition) is 7. The normalized spacial score (nSPS) is 11.2. The Morgan fingerprint density at radius 1 is 0.938 bits per heavy atom. The molecule has 0 saturated carbocycles. The molecule has 0 amide bonds. The minimum absolute atomic E-state index is 0.179. The van der Waals surface area contributed by atoms with Gasteiger partial charge in [-0.1, -0.05) is 0 Å². The number of aryl methyl sites for hydroxylation is 2. The number of nitrogens with zero attached hydrogens (tertiary/aromatic N) is 3. The first-order chi connectivity index (χ1) is 15.2. The summed E-state index contributed by atoms with van der Waals surface area (Å²) in [7, 11) is -2.16. The Balaban J connectivity index is 1.75. The number of anilines is 4. The lowest BCUT2D eigenvalue weighted by Crippen LogP contribution is -2.23. The van der Waals surface area contributed by atoms with Crippen LogP contribution >= 0.6 is 0 Å². The Bertz CT molecular complexity index is 1180. The molecule has 0 fully saturated rings. The Labute approximate surface area is 189 Å². The van der Waals surface area contributed by atoms with Gasteiger partial charge in [0.1, 0.15) is 23.2 Å². The van der Waals surface area contributed by atoms with E-state index in [-0.39, 0.29) is 4.90 Å². The van der Waals surface area contributed by atoms with E-state index in [9.17, 15) is 8.42 Å². The van der Waals surface area contributed by atoms with Gasteiger partial charge in [0.25, 0.3) is 10.0 Å². The van der Waals surface area contributed by atoms with Crippen molar-refractivity contribution in [3.63, 3.8) is 0 Å². The fraction of sp³-hybridized carbons (Fsp3) is 0.304. The minimum Gasteiger partial charge on any atom is -0.496 e. The molecule has 1 heterocycles. The summed E-state index contributed by atoms with van der Waals surface area (Å²) in [5.41, 5.74) is 2.00. The Morgan fingerprint density at radius 2 is 1.59 bits per heavy atom. The van der Waals surface area contributed by atoms with E-state index >= 15 is 0 Å². The highest BCUT2D eigenvalue weighted by molar-refractivity contribution is 7.92. The summed E-state index contributed by atoms with van der Waals surface area (Å²) < 4.78 is 33.3. The number of hydrogen-bond donors (Lipinski definition) is 2. The maximum absolute atomic E-state index is 12.7. The van der Waals surface area contributed by atoms with Gasteiger partial charge in [0, 0.05) is 30.5 Å². The van der Waals surface area contributed by atoms with E-state index < -0.39 is 10.0 Å². The summed E-state index contributed by atoms with van der Waals surface area (Å²) in [4.78, 5) is 11.3. The van der Waals surface area contributed by atoms with Crippen LogP contribution in [0.15, 0.2) is 53.4 Å². The molecule has 3 rings (SSSR count). The van der Waals surface area contributed by atoms with Crippen molar-refractivity contribution in [2.75, 3.05) is 35.1 Å². The van der Waals surface area contributed by atoms with Crippen molar-refractivity contribution in [3.8, 4) is 5.75 Å². The average molecular weight is 456 g/mol. The van der Waals surface area contributed by atoms with Crippen molar-refractivity contribution in [1.82, 2.24) is 9.97 Å². The highest BCUT2D eigenvalue weighted by atomic mass is 32.2. The monoisotopic (exact) mass is 455 g/mol. The van der Waals surface area contributed by atoms with Crippen LogP contribution in [0.5, 0.6) is 5.75 Å². The van der Waals surface area contributed by atoms with Crippen LogP contribution < -0.4 is 19.7 Å². The number of rotatable bonds is 9. The second kappa shape index (κ2) is 9.86. The largest absolute Gasteiger partial charge is 0.496 e. The first-order valence-electron chi connectivity index (χ1n) is 10.4. The summed E-state index contributed by atoms with van der Waals surface area (Å²) >= 11 is 0. The molecule has 0 radical (unpaired) electrons. The lowest BCUT2D eigenvalue weighted by Gasteiger charge is -2.20. The van der Waals surface area contributed by atoms with Gasteiger partial charge in [-0.3, -0.25) is 4.72 Å². The second-order valence-corrected chi connectivity index (χ2v) is 8.95. The Hall–Kier alpha value is -3.33. The maximum Gasteiger partial charge on any atom is 0.261 e. The van der Waals surface area contributed by atoms with E-state index in [0.29, 0.717) is 23.1 Å². The molecular formula is C23H29N5O3S. The summed E-state index contributed by atoms with van der Waals surface area (Å²) in [5.74, 6) is 2.87. The lowest BCUT2D eigenvalue weighted by molar-refractivity contribution is 0.411. The van der Waals surface area contributed by atoms with Gasteiger partial charge >= 0.3 is 0 Å². The van der Waals surface area contributed by atoms with Gasteiger partial charge in [0.05, 0.1) is 12.0 Å². The van der Waals surface area contributed by atoms with Crippen LogP contribution in [0, 0.1) is 13.8 Å².